The highest BCUT2D eigenvalue weighted by atomic mass is 32.1. The van der Waals surface area contributed by atoms with Crippen LogP contribution >= 0.6 is 11.3 Å². The molecule has 0 radical (unpaired) electrons. The summed E-state index contributed by atoms with van der Waals surface area (Å²) in [6.07, 6.45) is 0. The van der Waals surface area contributed by atoms with Gasteiger partial charge in [-0.15, -0.1) is 11.3 Å². The van der Waals surface area contributed by atoms with E-state index in [0.717, 1.165) is 44.0 Å². The molecule has 228 valence electrons. The number of hydrogen-bond acceptors (Lipinski definition) is 3. The molecule has 0 aliphatic carbocycles. The molecule has 0 aliphatic heterocycles. The van der Waals surface area contributed by atoms with Gasteiger partial charge in [0, 0.05) is 26.6 Å². The van der Waals surface area contributed by atoms with Crippen LogP contribution in [0.5, 0.6) is 0 Å². The van der Waals surface area contributed by atoms with Gasteiger partial charge >= 0.3 is 0 Å². The van der Waals surface area contributed by atoms with Crippen LogP contribution in [0.25, 0.3) is 97.5 Å². The van der Waals surface area contributed by atoms with E-state index in [9.17, 15) is 0 Å². The van der Waals surface area contributed by atoms with Crippen molar-refractivity contribution in [2.75, 3.05) is 0 Å². The van der Waals surface area contributed by atoms with Gasteiger partial charge in [0.1, 0.15) is 4.83 Å². The molecule has 2 heterocycles. The Kier molecular flexibility index (Phi) is 6.39. The molecule has 0 spiro atoms. The lowest BCUT2D eigenvalue weighted by molar-refractivity contribution is 1.24. The third-order valence-electron chi connectivity index (χ3n) is 9.68. The zero-order valence-electron chi connectivity index (χ0n) is 26.5. The van der Waals surface area contributed by atoms with E-state index < -0.39 is 0 Å². The zero-order valence-corrected chi connectivity index (χ0v) is 27.3. The fourth-order valence-corrected chi connectivity index (χ4v) is 8.44. The minimum atomic E-state index is 0.740. The Labute approximate surface area is 287 Å². The van der Waals surface area contributed by atoms with Gasteiger partial charge in [0.05, 0.1) is 5.69 Å². The monoisotopic (exact) mass is 640 g/mol. The second-order valence-electron chi connectivity index (χ2n) is 12.6. The third kappa shape index (κ3) is 4.62. The molecule has 0 unspecified atom stereocenters. The van der Waals surface area contributed by atoms with Gasteiger partial charge < -0.3 is 0 Å². The zero-order chi connectivity index (χ0) is 32.3. The van der Waals surface area contributed by atoms with Crippen LogP contribution in [0.4, 0.5) is 0 Å². The second kappa shape index (κ2) is 11.2. The maximum Gasteiger partial charge on any atom is 0.161 e. The van der Waals surface area contributed by atoms with Gasteiger partial charge in [-0.25, -0.2) is 9.97 Å². The van der Waals surface area contributed by atoms with Crippen molar-refractivity contribution in [2.24, 2.45) is 0 Å². The van der Waals surface area contributed by atoms with E-state index in [1.807, 2.05) is 6.07 Å². The molecule has 0 bridgehead atoms. The van der Waals surface area contributed by atoms with Crippen LogP contribution in [0.15, 0.2) is 170 Å². The minimum absolute atomic E-state index is 0.740. The first kappa shape index (κ1) is 27.9. The van der Waals surface area contributed by atoms with E-state index in [1.54, 1.807) is 11.3 Å². The van der Waals surface area contributed by atoms with E-state index in [-0.39, 0.29) is 0 Å². The summed E-state index contributed by atoms with van der Waals surface area (Å²) >= 11 is 1.73. The summed E-state index contributed by atoms with van der Waals surface area (Å²) in [6, 6.07) is 60.9. The summed E-state index contributed by atoms with van der Waals surface area (Å²) in [6.45, 7) is 0. The Morgan fingerprint density at radius 3 is 1.49 bits per heavy atom. The number of fused-ring (bicyclic) bond motifs is 9. The third-order valence-corrected chi connectivity index (χ3v) is 10.7. The number of thiophene rings is 1. The molecule has 10 rings (SSSR count). The summed E-state index contributed by atoms with van der Waals surface area (Å²) < 4.78 is 1.22. The number of aromatic nitrogens is 2. The highest BCUT2D eigenvalue weighted by Crippen LogP contribution is 2.41. The summed E-state index contributed by atoms with van der Waals surface area (Å²) in [5.74, 6) is 0.740. The van der Waals surface area contributed by atoms with E-state index in [2.05, 4.69) is 164 Å². The molecule has 0 aliphatic rings. The van der Waals surface area contributed by atoms with Gasteiger partial charge in [-0.05, 0) is 78.8 Å². The average Bonchev–Trinajstić information content (AvgIpc) is 3.57. The summed E-state index contributed by atoms with van der Waals surface area (Å²) in [4.78, 5) is 11.4. The van der Waals surface area contributed by atoms with Crippen molar-refractivity contribution >= 4 is 64.0 Å². The molecule has 8 aromatic carbocycles. The topological polar surface area (TPSA) is 25.8 Å². The normalized spacial score (nSPS) is 11.7. The number of nitrogens with zero attached hydrogens (tertiary/aromatic N) is 2. The van der Waals surface area contributed by atoms with Crippen molar-refractivity contribution in [1.82, 2.24) is 9.97 Å². The van der Waals surface area contributed by atoms with Crippen LogP contribution in [0.1, 0.15) is 0 Å². The molecule has 0 saturated heterocycles. The molecule has 0 amide bonds. The summed E-state index contributed by atoms with van der Waals surface area (Å²) in [5, 5.41) is 10.1. The fourth-order valence-electron chi connectivity index (χ4n) is 7.36. The van der Waals surface area contributed by atoms with Gasteiger partial charge in [-0.3, -0.25) is 0 Å². The molecule has 0 fully saturated rings. The molecule has 10 aromatic rings. The van der Waals surface area contributed by atoms with Crippen LogP contribution in [0.3, 0.4) is 0 Å². The first-order valence-electron chi connectivity index (χ1n) is 16.6. The van der Waals surface area contributed by atoms with E-state index in [0.29, 0.717) is 0 Å². The molecule has 0 N–H and O–H groups in total. The number of hydrogen-bond donors (Lipinski definition) is 0. The Bertz CT molecular complexity index is 2850. The molecule has 3 heteroatoms. The molecular weight excluding hydrogens is 613 g/mol. The highest BCUT2D eigenvalue weighted by molar-refractivity contribution is 7.25. The Morgan fingerprint density at radius 1 is 0.327 bits per heavy atom. The van der Waals surface area contributed by atoms with Gasteiger partial charge in [-0.2, -0.15) is 0 Å². The molecule has 2 aromatic heterocycles. The molecular formula is C46H28N2S. The van der Waals surface area contributed by atoms with Crippen LogP contribution in [-0.2, 0) is 0 Å². The van der Waals surface area contributed by atoms with Crippen molar-refractivity contribution in [2.45, 2.75) is 0 Å². The SMILES string of the molecule is c1ccc(-c2nc(-c3cccc(-c4cccc(-c5ccc6c7ccccc7c7ccccc7c6c5)c4)c3)nc3sc4ccccc4c23)cc1. The van der Waals surface area contributed by atoms with E-state index in [4.69, 9.17) is 9.97 Å². The smallest absolute Gasteiger partial charge is 0.161 e. The van der Waals surface area contributed by atoms with E-state index >= 15 is 0 Å². The lowest BCUT2D eigenvalue weighted by Gasteiger charge is -2.13. The average molecular weight is 641 g/mol. The molecule has 49 heavy (non-hydrogen) atoms. The second-order valence-corrected chi connectivity index (χ2v) is 13.6. The molecule has 0 saturated carbocycles. The van der Waals surface area contributed by atoms with Crippen LogP contribution in [0, 0.1) is 0 Å². The van der Waals surface area contributed by atoms with Gasteiger partial charge in [0.2, 0.25) is 0 Å². The maximum atomic E-state index is 5.23. The van der Waals surface area contributed by atoms with Gasteiger partial charge in [0.25, 0.3) is 0 Å². The largest absolute Gasteiger partial charge is 0.227 e. The Hall–Kier alpha value is -6.16. The van der Waals surface area contributed by atoms with Gasteiger partial charge in [0.15, 0.2) is 5.82 Å². The van der Waals surface area contributed by atoms with Crippen LogP contribution in [0.2, 0.25) is 0 Å². The standard InChI is InChI=1S/C46H28N2S/c1-2-12-29(13-3-1)44-43-40-22-8-9-23-42(40)49-46(43)48-45(47-44)34-17-11-16-32(27-34)30-14-10-15-31(26-30)33-24-25-39-37-20-5-4-18-35(37)36-19-6-7-21-38(36)41(39)28-33/h1-28H. The Morgan fingerprint density at radius 2 is 0.816 bits per heavy atom. The molecule has 2 nitrogen and oxygen atoms in total. The van der Waals surface area contributed by atoms with Crippen molar-refractivity contribution in [3.63, 3.8) is 0 Å². The lowest BCUT2D eigenvalue weighted by atomic mass is 9.91. The first-order valence-corrected chi connectivity index (χ1v) is 17.4. The van der Waals surface area contributed by atoms with E-state index in [1.165, 1.54) is 53.5 Å². The number of benzene rings is 8. The number of rotatable bonds is 4. The molecule has 0 atom stereocenters. The van der Waals surface area contributed by atoms with Crippen molar-refractivity contribution in [3.05, 3.63) is 170 Å². The first-order chi connectivity index (χ1) is 24.3. The quantitative estimate of drug-likeness (QED) is 0.179. The van der Waals surface area contributed by atoms with Crippen LogP contribution < -0.4 is 0 Å². The van der Waals surface area contributed by atoms with Crippen LogP contribution in [-0.4, -0.2) is 9.97 Å². The van der Waals surface area contributed by atoms with Gasteiger partial charge in [-0.1, -0.05) is 146 Å². The summed E-state index contributed by atoms with van der Waals surface area (Å²) in [5.41, 5.74) is 7.77. The fraction of sp³-hybridized carbons (Fsp3) is 0. The van der Waals surface area contributed by atoms with Crippen molar-refractivity contribution in [3.8, 4) is 44.9 Å². The maximum absolute atomic E-state index is 5.23. The van der Waals surface area contributed by atoms with Crippen molar-refractivity contribution in [1.29, 1.82) is 0 Å². The predicted octanol–water partition coefficient (Wildman–Crippen LogP) is 13.0. The summed E-state index contributed by atoms with van der Waals surface area (Å²) in [7, 11) is 0. The Balaban J connectivity index is 1.09. The predicted molar refractivity (Wildman–Crippen MR) is 209 cm³/mol. The van der Waals surface area contributed by atoms with Crippen molar-refractivity contribution < 1.29 is 0 Å². The minimum Gasteiger partial charge on any atom is -0.227 e. The lowest BCUT2D eigenvalue weighted by Crippen LogP contribution is -1.94. The highest BCUT2D eigenvalue weighted by Gasteiger charge is 2.17.